The van der Waals surface area contributed by atoms with Gasteiger partial charge in [-0.3, -0.25) is 9.80 Å². The van der Waals surface area contributed by atoms with Crippen molar-refractivity contribution in [2.45, 2.75) is 45.2 Å². The summed E-state index contributed by atoms with van der Waals surface area (Å²) in [5.74, 6) is 1.40. The van der Waals surface area contributed by atoms with E-state index >= 15 is 0 Å². The lowest BCUT2D eigenvalue weighted by Gasteiger charge is -2.41. The predicted octanol–water partition coefficient (Wildman–Crippen LogP) is 1.63. The Morgan fingerprint density at radius 3 is 2.71 bits per heavy atom. The van der Waals surface area contributed by atoms with Crippen molar-refractivity contribution in [2.75, 3.05) is 39.4 Å². The minimum Gasteiger partial charge on any atom is -0.424 e. The number of morpholine rings is 1. The smallest absolute Gasteiger partial charge is 0.233 e. The van der Waals surface area contributed by atoms with E-state index in [4.69, 9.17) is 9.15 Å². The summed E-state index contributed by atoms with van der Waals surface area (Å²) < 4.78 is 11.1. The van der Waals surface area contributed by atoms with Crippen LogP contribution in [-0.4, -0.2) is 65.4 Å². The largest absolute Gasteiger partial charge is 0.424 e. The Morgan fingerprint density at radius 1 is 1.19 bits per heavy atom. The summed E-state index contributed by atoms with van der Waals surface area (Å²) in [4.78, 5) is 5.07. The van der Waals surface area contributed by atoms with E-state index in [0.29, 0.717) is 11.9 Å². The summed E-state index contributed by atoms with van der Waals surface area (Å²) in [7, 11) is 0. The fourth-order valence-corrected chi connectivity index (χ4v) is 3.43. The molecule has 0 N–H and O–H groups in total. The van der Waals surface area contributed by atoms with Gasteiger partial charge in [0.2, 0.25) is 11.8 Å². The van der Waals surface area contributed by atoms with Gasteiger partial charge in [-0.15, -0.1) is 10.2 Å². The highest BCUT2D eigenvalue weighted by atomic mass is 16.5. The zero-order valence-electron chi connectivity index (χ0n) is 13.1. The van der Waals surface area contributed by atoms with Crippen molar-refractivity contribution >= 4 is 0 Å². The Kier molecular flexibility index (Phi) is 4.87. The molecule has 118 valence electrons. The van der Waals surface area contributed by atoms with Crippen molar-refractivity contribution < 1.29 is 9.15 Å². The number of rotatable bonds is 4. The molecule has 6 heteroatoms. The van der Waals surface area contributed by atoms with Crippen molar-refractivity contribution in [2.24, 2.45) is 0 Å². The van der Waals surface area contributed by atoms with Crippen LogP contribution in [0.15, 0.2) is 4.42 Å². The second kappa shape index (κ2) is 6.85. The van der Waals surface area contributed by atoms with Gasteiger partial charge in [0.05, 0.1) is 19.3 Å². The molecule has 3 heterocycles. The van der Waals surface area contributed by atoms with Crippen molar-refractivity contribution in [3.63, 3.8) is 0 Å². The Labute approximate surface area is 126 Å². The Morgan fingerprint density at radius 2 is 2.00 bits per heavy atom. The second-order valence-electron chi connectivity index (χ2n) is 6.14. The molecule has 2 atom stereocenters. The van der Waals surface area contributed by atoms with E-state index in [1.54, 1.807) is 0 Å². The lowest BCUT2D eigenvalue weighted by atomic mass is 9.99. The average Bonchev–Trinajstić information content (AvgIpc) is 2.95. The molecule has 0 amide bonds. The van der Waals surface area contributed by atoms with Gasteiger partial charge >= 0.3 is 0 Å². The first-order valence-corrected chi connectivity index (χ1v) is 8.10. The van der Waals surface area contributed by atoms with E-state index < -0.39 is 0 Å². The molecule has 2 aliphatic heterocycles. The highest BCUT2D eigenvalue weighted by molar-refractivity contribution is 4.93. The third-order valence-electron chi connectivity index (χ3n) is 4.64. The van der Waals surface area contributed by atoms with Crippen molar-refractivity contribution in [3.8, 4) is 0 Å². The minimum atomic E-state index is 0.206. The molecule has 0 aromatic carbocycles. The number of aryl methyl sites for hydroxylation is 1. The summed E-state index contributed by atoms with van der Waals surface area (Å²) in [5.41, 5.74) is 0. The molecule has 0 spiro atoms. The maximum absolute atomic E-state index is 5.64. The number of hydrogen-bond acceptors (Lipinski definition) is 6. The molecule has 1 aromatic heterocycles. The van der Waals surface area contributed by atoms with Gasteiger partial charge in [-0.1, -0.05) is 6.42 Å². The van der Waals surface area contributed by atoms with Gasteiger partial charge in [0.1, 0.15) is 0 Å². The van der Waals surface area contributed by atoms with Crippen LogP contribution in [0, 0.1) is 6.92 Å². The van der Waals surface area contributed by atoms with Crippen LogP contribution >= 0.6 is 0 Å². The molecule has 0 saturated carbocycles. The van der Waals surface area contributed by atoms with Crippen LogP contribution in [0.5, 0.6) is 0 Å². The topological polar surface area (TPSA) is 54.6 Å². The molecule has 6 nitrogen and oxygen atoms in total. The molecule has 0 aliphatic carbocycles. The molecule has 1 aromatic rings. The van der Waals surface area contributed by atoms with Crippen LogP contribution in [0.25, 0.3) is 0 Å². The van der Waals surface area contributed by atoms with Crippen molar-refractivity contribution in [1.29, 1.82) is 0 Å². The maximum Gasteiger partial charge on any atom is 0.233 e. The van der Waals surface area contributed by atoms with E-state index in [2.05, 4.69) is 26.9 Å². The van der Waals surface area contributed by atoms with Gasteiger partial charge in [-0.25, -0.2) is 0 Å². The number of ether oxygens (including phenoxy) is 1. The lowest BCUT2D eigenvalue weighted by Crippen LogP contribution is -2.50. The number of piperidine rings is 1. The highest BCUT2D eigenvalue weighted by Gasteiger charge is 2.31. The van der Waals surface area contributed by atoms with Crippen LogP contribution in [0.1, 0.15) is 44.0 Å². The minimum absolute atomic E-state index is 0.206. The molecule has 0 bridgehead atoms. The highest BCUT2D eigenvalue weighted by Crippen LogP contribution is 2.28. The van der Waals surface area contributed by atoms with Gasteiger partial charge in [-0.2, -0.15) is 0 Å². The molecular weight excluding hydrogens is 268 g/mol. The SMILES string of the molecule is Cc1nnc([C@H](C)N2CCCC[C@@H]2CN2CCOCC2)o1. The third kappa shape index (κ3) is 3.62. The number of nitrogens with zero attached hydrogens (tertiary/aromatic N) is 4. The molecule has 2 aliphatic rings. The summed E-state index contributed by atoms with van der Waals surface area (Å²) in [6.07, 6.45) is 3.84. The van der Waals surface area contributed by atoms with Gasteiger partial charge < -0.3 is 9.15 Å². The fourth-order valence-electron chi connectivity index (χ4n) is 3.43. The van der Waals surface area contributed by atoms with Crippen LogP contribution in [0.4, 0.5) is 0 Å². The van der Waals surface area contributed by atoms with E-state index in [-0.39, 0.29) is 6.04 Å². The predicted molar refractivity (Wildman–Crippen MR) is 79.1 cm³/mol. The normalized spacial score (nSPS) is 26.9. The fraction of sp³-hybridized carbons (Fsp3) is 0.867. The number of aromatic nitrogens is 2. The molecule has 0 unspecified atom stereocenters. The first-order chi connectivity index (χ1) is 10.2. The van der Waals surface area contributed by atoms with Gasteiger partial charge in [0.15, 0.2) is 0 Å². The average molecular weight is 294 g/mol. The van der Waals surface area contributed by atoms with E-state index in [0.717, 1.165) is 45.3 Å². The van der Waals surface area contributed by atoms with Crippen LogP contribution in [-0.2, 0) is 4.74 Å². The monoisotopic (exact) mass is 294 g/mol. The van der Waals surface area contributed by atoms with Gasteiger partial charge in [-0.05, 0) is 26.3 Å². The zero-order chi connectivity index (χ0) is 14.7. The van der Waals surface area contributed by atoms with E-state index in [1.165, 1.54) is 19.3 Å². The molecule has 2 saturated heterocycles. The van der Waals surface area contributed by atoms with Crippen molar-refractivity contribution in [1.82, 2.24) is 20.0 Å². The lowest BCUT2D eigenvalue weighted by molar-refractivity contribution is 0.00636. The summed E-state index contributed by atoms with van der Waals surface area (Å²) in [6.45, 7) is 10.1. The second-order valence-corrected chi connectivity index (χ2v) is 6.14. The first-order valence-electron chi connectivity index (χ1n) is 8.10. The molecule has 0 radical (unpaired) electrons. The van der Waals surface area contributed by atoms with Gasteiger partial charge in [0, 0.05) is 32.6 Å². The quantitative estimate of drug-likeness (QED) is 0.841. The Balaban J connectivity index is 1.65. The molecule has 2 fully saturated rings. The summed E-state index contributed by atoms with van der Waals surface area (Å²) in [6, 6.07) is 0.789. The number of hydrogen-bond donors (Lipinski definition) is 0. The van der Waals surface area contributed by atoms with Crippen molar-refractivity contribution in [3.05, 3.63) is 11.8 Å². The van der Waals surface area contributed by atoms with Gasteiger partial charge in [0.25, 0.3) is 0 Å². The molecule has 21 heavy (non-hydrogen) atoms. The van der Waals surface area contributed by atoms with Crippen LogP contribution in [0.3, 0.4) is 0 Å². The standard InChI is InChI=1S/C15H26N4O2/c1-12(15-17-16-13(2)21-15)19-6-4-3-5-14(19)11-18-7-9-20-10-8-18/h12,14H,3-11H2,1-2H3/t12-,14+/m0/s1. The van der Waals surface area contributed by atoms with E-state index in [1.807, 2.05) is 6.92 Å². The van der Waals surface area contributed by atoms with Crippen LogP contribution in [0.2, 0.25) is 0 Å². The summed E-state index contributed by atoms with van der Waals surface area (Å²) in [5, 5.41) is 8.18. The first kappa shape index (κ1) is 14.9. The van der Waals surface area contributed by atoms with E-state index in [9.17, 15) is 0 Å². The third-order valence-corrected chi connectivity index (χ3v) is 4.64. The Hall–Kier alpha value is -0.980. The Bertz CT molecular complexity index is 445. The summed E-state index contributed by atoms with van der Waals surface area (Å²) >= 11 is 0. The molecular formula is C15H26N4O2. The van der Waals surface area contributed by atoms with Crippen LogP contribution < -0.4 is 0 Å². The maximum atomic E-state index is 5.64. The zero-order valence-corrected chi connectivity index (χ0v) is 13.1. The number of likely N-dealkylation sites (tertiary alicyclic amines) is 1. The molecule has 3 rings (SSSR count).